The predicted molar refractivity (Wildman–Crippen MR) is 88.0 cm³/mol. The van der Waals surface area contributed by atoms with Gasteiger partial charge in [0, 0.05) is 23.6 Å². The molecule has 0 aromatic heterocycles. The average Bonchev–Trinajstić information content (AvgIpc) is 2.47. The van der Waals surface area contributed by atoms with Crippen LogP contribution in [0.2, 0.25) is 0 Å². The molecule has 0 bridgehead atoms. The molecule has 2 rings (SSSR count). The molecule has 1 aliphatic rings. The Morgan fingerprint density at radius 3 is 2.43 bits per heavy atom. The summed E-state index contributed by atoms with van der Waals surface area (Å²) in [7, 11) is -3.44. The molecule has 0 amide bonds. The summed E-state index contributed by atoms with van der Waals surface area (Å²) in [5.74, 6) is 0.445. The molecule has 0 saturated carbocycles. The van der Waals surface area contributed by atoms with E-state index in [1.54, 1.807) is 0 Å². The summed E-state index contributed by atoms with van der Waals surface area (Å²) >= 11 is 3.37. The zero-order valence-electron chi connectivity index (χ0n) is 12.1. The molecule has 3 N–H and O–H groups in total. The van der Waals surface area contributed by atoms with E-state index >= 15 is 0 Å². The highest BCUT2D eigenvalue weighted by molar-refractivity contribution is 9.10. The maximum atomic E-state index is 12.4. The number of rotatable bonds is 5. The van der Waals surface area contributed by atoms with Crippen LogP contribution >= 0.6 is 15.9 Å². The fourth-order valence-electron chi connectivity index (χ4n) is 2.50. The Morgan fingerprint density at radius 2 is 1.90 bits per heavy atom. The minimum atomic E-state index is -3.44. The van der Waals surface area contributed by atoms with Crippen LogP contribution in [-0.4, -0.2) is 32.4 Å². The molecule has 1 atom stereocenters. The van der Waals surface area contributed by atoms with E-state index in [0.29, 0.717) is 25.6 Å². The number of hydrogen-bond donors (Lipinski definition) is 2. The largest absolute Gasteiger partial charge is 0.330 e. The highest BCUT2D eigenvalue weighted by atomic mass is 79.9. The van der Waals surface area contributed by atoms with Crippen molar-refractivity contribution in [3.63, 3.8) is 0 Å². The third-order valence-electron chi connectivity index (χ3n) is 3.94. The summed E-state index contributed by atoms with van der Waals surface area (Å²) < 4.78 is 30.1. The van der Waals surface area contributed by atoms with Gasteiger partial charge in [-0.2, -0.15) is 17.4 Å². The maximum absolute atomic E-state index is 12.4. The molecule has 1 fully saturated rings. The van der Waals surface area contributed by atoms with Crippen LogP contribution < -0.4 is 10.5 Å². The van der Waals surface area contributed by atoms with Crippen molar-refractivity contribution in [2.24, 2.45) is 11.7 Å². The monoisotopic (exact) mass is 375 g/mol. The quantitative estimate of drug-likeness (QED) is 0.826. The lowest BCUT2D eigenvalue weighted by Gasteiger charge is -2.31. The maximum Gasteiger partial charge on any atom is 0.279 e. The normalized spacial score (nSPS) is 19.6. The molecule has 0 radical (unpaired) electrons. The third-order valence-corrected chi connectivity index (χ3v) is 6.17. The van der Waals surface area contributed by atoms with Crippen molar-refractivity contribution in [1.82, 2.24) is 9.03 Å². The van der Waals surface area contributed by atoms with Crippen LogP contribution in [0.25, 0.3) is 0 Å². The Kier molecular flexibility index (Phi) is 5.79. The highest BCUT2D eigenvalue weighted by Gasteiger charge is 2.28. The van der Waals surface area contributed by atoms with E-state index in [1.165, 1.54) is 4.31 Å². The van der Waals surface area contributed by atoms with Crippen molar-refractivity contribution >= 4 is 26.1 Å². The minimum Gasteiger partial charge on any atom is -0.330 e. The van der Waals surface area contributed by atoms with Gasteiger partial charge in [-0.3, -0.25) is 0 Å². The Balaban J connectivity index is 1.99. The molecule has 1 aliphatic heterocycles. The van der Waals surface area contributed by atoms with Gasteiger partial charge in [0.05, 0.1) is 0 Å². The molecular weight excluding hydrogens is 354 g/mol. The zero-order chi connectivity index (χ0) is 15.5. The van der Waals surface area contributed by atoms with Gasteiger partial charge in [-0.15, -0.1) is 0 Å². The van der Waals surface area contributed by atoms with Crippen molar-refractivity contribution < 1.29 is 8.42 Å². The second-order valence-corrected chi connectivity index (χ2v) is 8.09. The summed E-state index contributed by atoms with van der Waals surface area (Å²) in [4.78, 5) is 0. The van der Waals surface area contributed by atoms with Gasteiger partial charge in [0.2, 0.25) is 0 Å². The zero-order valence-corrected chi connectivity index (χ0v) is 14.5. The number of piperidine rings is 1. The highest BCUT2D eigenvalue weighted by Crippen LogP contribution is 2.21. The first kappa shape index (κ1) is 16.9. The van der Waals surface area contributed by atoms with Gasteiger partial charge in [0.15, 0.2) is 0 Å². The number of nitrogens with one attached hydrogen (secondary N) is 1. The van der Waals surface area contributed by atoms with Crippen LogP contribution in [0.5, 0.6) is 0 Å². The second-order valence-electron chi connectivity index (χ2n) is 5.47. The third kappa shape index (κ3) is 4.50. The predicted octanol–water partition coefficient (Wildman–Crippen LogP) is 2.02. The Hall–Kier alpha value is -0.470. The lowest BCUT2D eigenvalue weighted by atomic mass is 9.99. The van der Waals surface area contributed by atoms with Crippen molar-refractivity contribution in [1.29, 1.82) is 0 Å². The molecule has 1 unspecified atom stereocenters. The summed E-state index contributed by atoms with van der Waals surface area (Å²) in [6.45, 7) is 3.58. The number of nitrogens with two attached hydrogens (primary N) is 1. The Bertz CT molecular complexity index is 554. The molecule has 1 aromatic carbocycles. The SMILES string of the molecule is CC(NS(=O)(=O)N1CCC(CN)CC1)c1ccc(Br)cc1. The van der Waals surface area contributed by atoms with Crippen molar-refractivity contribution in [2.45, 2.75) is 25.8 Å². The van der Waals surface area contributed by atoms with Gasteiger partial charge in [-0.05, 0) is 49.9 Å². The number of halogens is 1. The first-order chi connectivity index (χ1) is 9.92. The van der Waals surface area contributed by atoms with E-state index in [0.717, 1.165) is 22.9 Å². The van der Waals surface area contributed by atoms with Crippen molar-refractivity contribution in [2.75, 3.05) is 19.6 Å². The molecule has 118 valence electrons. The number of nitrogens with zero attached hydrogens (tertiary/aromatic N) is 1. The van der Waals surface area contributed by atoms with E-state index in [9.17, 15) is 8.42 Å². The van der Waals surface area contributed by atoms with Gasteiger partial charge in [0.1, 0.15) is 0 Å². The van der Waals surface area contributed by atoms with E-state index in [1.807, 2.05) is 31.2 Å². The fraction of sp³-hybridized carbons (Fsp3) is 0.571. The molecular formula is C14H22BrN3O2S. The van der Waals surface area contributed by atoms with E-state index in [2.05, 4.69) is 20.7 Å². The molecule has 0 spiro atoms. The van der Waals surface area contributed by atoms with Gasteiger partial charge in [0.25, 0.3) is 10.2 Å². The summed E-state index contributed by atoms with van der Waals surface area (Å²) in [6.07, 6.45) is 1.67. The standard InChI is InChI=1S/C14H22BrN3O2S/c1-11(13-2-4-14(15)5-3-13)17-21(19,20)18-8-6-12(10-16)7-9-18/h2-5,11-12,17H,6-10,16H2,1H3. The summed E-state index contributed by atoms with van der Waals surface area (Å²) in [5.41, 5.74) is 6.58. The van der Waals surface area contributed by atoms with Crippen molar-refractivity contribution in [3.05, 3.63) is 34.3 Å². The summed E-state index contributed by atoms with van der Waals surface area (Å²) in [5, 5.41) is 0. The first-order valence-corrected chi connectivity index (χ1v) is 9.38. The average molecular weight is 376 g/mol. The molecule has 1 heterocycles. The van der Waals surface area contributed by atoms with Crippen LogP contribution in [0.15, 0.2) is 28.7 Å². The first-order valence-electron chi connectivity index (χ1n) is 7.15. The smallest absolute Gasteiger partial charge is 0.279 e. The Morgan fingerprint density at radius 1 is 1.33 bits per heavy atom. The van der Waals surface area contributed by atoms with Crippen LogP contribution in [-0.2, 0) is 10.2 Å². The molecule has 0 aliphatic carbocycles. The van der Waals surface area contributed by atoms with E-state index in [-0.39, 0.29) is 6.04 Å². The molecule has 21 heavy (non-hydrogen) atoms. The topological polar surface area (TPSA) is 75.4 Å². The van der Waals surface area contributed by atoms with Crippen LogP contribution in [0.1, 0.15) is 31.4 Å². The lowest BCUT2D eigenvalue weighted by Crippen LogP contribution is -2.46. The molecule has 7 heteroatoms. The lowest BCUT2D eigenvalue weighted by molar-refractivity contribution is 0.274. The van der Waals surface area contributed by atoms with Gasteiger partial charge < -0.3 is 5.73 Å². The molecule has 5 nitrogen and oxygen atoms in total. The fourth-order valence-corrected chi connectivity index (χ4v) is 4.19. The number of benzene rings is 1. The molecule has 1 aromatic rings. The number of hydrogen-bond acceptors (Lipinski definition) is 3. The van der Waals surface area contributed by atoms with Crippen LogP contribution in [0, 0.1) is 5.92 Å². The van der Waals surface area contributed by atoms with Crippen LogP contribution in [0.3, 0.4) is 0 Å². The summed E-state index contributed by atoms with van der Waals surface area (Å²) in [6, 6.07) is 7.39. The van der Waals surface area contributed by atoms with Crippen LogP contribution in [0.4, 0.5) is 0 Å². The van der Waals surface area contributed by atoms with Gasteiger partial charge in [-0.25, -0.2) is 0 Å². The van der Waals surface area contributed by atoms with E-state index in [4.69, 9.17) is 5.73 Å². The second kappa shape index (κ2) is 7.19. The Labute approximate surface area is 135 Å². The molecule has 1 saturated heterocycles. The van der Waals surface area contributed by atoms with Crippen molar-refractivity contribution in [3.8, 4) is 0 Å². The van der Waals surface area contributed by atoms with E-state index < -0.39 is 10.2 Å². The van der Waals surface area contributed by atoms with Gasteiger partial charge in [-0.1, -0.05) is 28.1 Å². The van der Waals surface area contributed by atoms with Gasteiger partial charge >= 0.3 is 0 Å². The minimum absolute atomic E-state index is 0.254.